The molecule has 4 rings (SSSR count). The number of aromatic nitrogens is 2. The molecule has 0 spiro atoms. The molecule has 4 aromatic rings. The molecule has 4 heteroatoms. The van der Waals surface area contributed by atoms with Crippen molar-refractivity contribution in [3.05, 3.63) is 112 Å². The molecule has 0 bridgehead atoms. The van der Waals surface area contributed by atoms with Gasteiger partial charge < -0.3 is 0 Å². The SMILES string of the molecule is CC(C)(C)c1ccc(C(=O)C=Cc2cn(-c3ccccc3)nc2-c2cccc(Br)c2)cc1. The molecule has 0 amide bonds. The van der Waals surface area contributed by atoms with E-state index in [2.05, 4.69) is 36.7 Å². The summed E-state index contributed by atoms with van der Waals surface area (Å²) >= 11 is 3.54. The fourth-order valence-electron chi connectivity index (χ4n) is 3.48. The first-order valence-electron chi connectivity index (χ1n) is 10.6. The van der Waals surface area contributed by atoms with Crippen LogP contribution in [0.25, 0.3) is 23.0 Å². The molecule has 0 saturated heterocycles. The Morgan fingerprint density at radius 3 is 2.31 bits per heavy atom. The van der Waals surface area contributed by atoms with Crippen LogP contribution in [0.4, 0.5) is 0 Å². The van der Waals surface area contributed by atoms with Crippen molar-refractivity contribution < 1.29 is 4.79 Å². The first kappa shape index (κ1) is 22.0. The Labute approximate surface area is 197 Å². The molecule has 0 aliphatic carbocycles. The molecule has 0 unspecified atom stereocenters. The zero-order valence-corrected chi connectivity index (χ0v) is 20.0. The van der Waals surface area contributed by atoms with Crippen LogP contribution in [0.1, 0.15) is 42.3 Å². The summed E-state index contributed by atoms with van der Waals surface area (Å²) < 4.78 is 2.83. The third-order valence-electron chi connectivity index (χ3n) is 5.31. The van der Waals surface area contributed by atoms with Crippen LogP contribution >= 0.6 is 15.9 Å². The smallest absolute Gasteiger partial charge is 0.185 e. The van der Waals surface area contributed by atoms with Gasteiger partial charge in [0.05, 0.1) is 11.4 Å². The predicted molar refractivity (Wildman–Crippen MR) is 135 cm³/mol. The second kappa shape index (κ2) is 9.09. The van der Waals surface area contributed by atoms with E-state index in [9.17, 15) is 4.79 Å². The first-order chi connectivity index (χ1) is 15.3. The maximum absolute atomic E-state index is 12.8. The Hall–Kier alpha value is -3.24. The van der Waals surface area contributed by atoms with Gasteiger partial charge in [0.25, 0.3) is 0 Å². The lowest BCUT2D eigenvalue weighted by molar-refractivity contribution is 0.104. The second-order valence-corrected chi connectivity index (χ2v) is 9.66. The average molecular weight is 485 g/mol. The van der Waals surface area contributed by atoms with Crippen LogP contribution in [0.2, 0.25) is 0 Å². The fourth-order valence-corrected chi connectivity index (χ4v) is 3.88. The second-order valence-electron chi connectivity index (χ2n) is 8.75. The quantitative estimate of drug-likeness (QED) is 0.217. The normalized spacial score (nSPS) is 11.8. The summed E-state index contributed by atoms with van der Waals surface area (Å²) in [5.41, 5.74) is 5.59. The maximum Gasteiger partial charge on any atom is 0.185 e. The van der Waals surface area contributed by atoms with Gasteiger partial charge in [0.15, 0.2) is 5.78 Å². The van der Waals surface area contributed by atoms with E-state index in [1.54, 1.807) is 6.08 Å². The van der Waals surface area contributed by atoms with Crippen molar-refractivity contribution in [1.82, 2.24) is 9.78 Å². The number of carbonyl (C=O) groups excluding carboxylic acids is 1. The minimum Gasteiger partial charge on any atom is -0.289 e. The van der Waals surface area contributed by atoms with Gasteiger partial charge in [0.1, 0.15) is 0 Å². The van der Waals surface area contributed by atoms with Gasteiger partial charge in [0, 0.05) is 27.4 Å². The molecule has 1 heterocycles. The average Bonchev–Trinajstić information content (AvgIpc) is 3.22. The fraction of sp³-hybridized carbons (Fsp3) is 0.143. The van der Waals surface area contributed by atoms with E-state index in [4.69, 9.17) is 5.10 Å². The van der Waals surface area contributed by atoms with Crippen molar-refractivity contribution >= 4 is 27.8 Å². The summed E-state index contributed by atoms with van der Waals surface area (Å²) in [6.45, 7) is 6.49. The lowest BCUT2D eigenvalue weighted by atomic mass is 9.86. The van der Waals surface area contributed by atoms with Crippen LogP contribution in [0.5, 0.6) is 0 Å². The minimum atomic E-state index is -0.0295. The molecule has 0 fully saturated rings. The summed E-state index contributed by atoms with van der Waals surface area (Å²) in [7, 11) is 0. The van der Waals surface area contributed by atoms with Crippen LogP contribution in [-0.2, 0) is 5.41 Å². The first-order valence-corrected chi connectivity index (χ1v) is 11.3. The monoisotopic (exact) mass is 484 g/mol. The predicted octanol–water partition coefficient (Wildman–Crippen LogP) is 7.50. The van der Waals surface area contributed by atoms with Crippen molar-refractivity contribution in [2.75, 3.05) is 0 Å². The standard InChI is InChI=1S/C28H25BrN2O/c1-28(2,3)23-15-12-20(13-16-23)26(32)17-14-22-19-31(25-10-5-4-6-11-25)30-27(22)21-8-7-9-24(29)18-21/h4-19H,1-3H3. The summed E-state index contributed by atoms with van der Waals surface area (Å²) in [6.07, 6.45) is 5.43. The summed E-state index contributed by atoms with van der Waals surface area (Å²) in [5.74, 6) is -0.0295. The Morgan fingerprint density at radius 1 is 0.938 bits per heavy atom. The van der Waals surface area contributed by atoms with Gasteiger partial charge in [-0.25, -0.2) is 4.68 Å². The minimum absolute atomic E-state index is 0.0295. The molecular weight excluding hydrogens is 460 g/mol. The number of rotatable bonds is 5. The third-order valence-corrected chi connectivity index (χ3v) is 5.80. The van der Waals surface area contributed by atoms with Gasteiger partial charge >= 0.3 is 0 Å². The number of benzene rings is 3. The van der Waals surface area contributed by atoms with Crippen molar-refractivity contribution in [3.63, 3.8) is 0 Å². The number of hydrogen-bond acceptors (Lipinski definition) is 2. The maximum atomic E-state index is 12.8. The molecule has 160 valence electrons. The van der Waals surface area contributed by atoms with Gasteiger partial charge in [-0.2, -0.15) is 5.10 Å². The van der Waals surface area contributed by atoms with Gasteiger partial charge in [-0.3, -0.25) is 4.79 Å². The van der Waals surface area contributed by atoms with Crippen LogP contribution in [0.15, 0.2) is 95.6 Å². The zero-order chi connectivity index (χ0) is 22.7. The van der Waals surface area contributed by atoms with Crippen LogP contribution in [0, 0.1) is 0 Å². The Balaban J connectivity index is 1.68. The van der Waals surface area contributed by atoms with E-state index in [1.807, 2.05) is 95.8 Å². The van der Waals surface area contributed by atoms with E-state index in [1.165, 1.54) is 5.56 Å². The van der Waals surface area contributed by atoms with E-state index in [0.717, 1.165) is 27.0 Å². The van der Waals surface area contributed by atoms with Crippen molar-refractivity contribution in [3.8, 4) is 16.9 Å². The molecule has 32 heavy (non-hydrogen) atoms. The summed E-state index contributed by atoms with van der Waals surface area (Å²) in [6, 6.07) is 25.8. The zero-order valence-electron chi connectivity index (χ0n) is 18.4. The summed E-state index contributed by atoms with van der Waals surface area (Å²) in [5, 5.41) is 4.81. The molecule has 3 nitrogen and oxygen atoms in total. The van der Waals surface area contributed by atoms with Crippen LogP contribution in [0.3, 0.4) is 0 Å². The van der Waals surface area contributed by atoms with Gasteiger partial charge in [-0.1, -0.05) is 91.3 Å². The molecule has 0 saturated carbocycles. The number of para-hydroxylation sites is 1. The van der Waals surface area contributed by atoms with E-state index in [-0.39, 0.29) is 11.2 Å². The Morgan fingerprint density at radius 2 is 1.66 bits per heavy atom. The topological polar surface area (TPSA) is 34.9 Å². The lowest BCUT2D eigenvalue weighted by Crippen LogP contribution is -2.11. The molecule has 3 aromatic carbocycles. The highest BCUT2D eigenvalue weighted by atomic mass is 79.9. The number of carbonyl (C=O) groups is 1. The number of halogens is 1. The molecule has 0 N–H and O–H groups in total. The van der Waals surface area contributed by atoms with Crippen LogP contribution < -0.4 is 0 Å². The Bertz CT molecular complexity index is 1260. The van der Waals surface area contributed by atoms with Crippen molar-refractivity contribution in [2.24, 2.45) is 0 Å². The molecular formula is C28H25BrN2O. The Kier molecular flexibility index (Phi) is 6.24. The van der Waals surface area contributed by atoms with Crippen molar-refractivity contribution in [1.29, 1.82) is 0 Å². The molecule has 0 atom stereocenters. The molecule has 0 aliphatic heterocycles. The van der Waals surface area contributed by atoms with Gasteiger partial charge in [0.2, 0.25) is 0 Å². The highest BCUT2D eigenvalue weighted by molar-refractivity contribution is 9.10. The summed E-state index contributed by atoms with van der Waals surface area (Å²) in [4.78, 5) is 12.8. The van der Waals surface area contributed by atoms with E-state index < -0.39 is 0 Å². The van der Waals surface area contributed by atoms with Gasteiger partial charge in [-0.05, 0) is 47.4 Å². The van der Waals surface area contributed by atoms with Gasteiger partial charge in [-0.15, -0.1) is 0 Å². The number of allylic oxidation sites excluding steroid dienone is 1. The molecule has 0 radical (unpaired) electrons. The van der Waals surface area contributed by atoms with Crippen LogP contribution in [-0.4, -0.2) is 15.6 Å². The number of ketones is 1. The largest absolute Gasteiger partial charge is 0.289 e. The number of hydrogen-bond donors (Lipinski definition) is 0. The third kappa shape index (κ3) is 4.97. The molecule has 1 aromatic heterocycles. The van der Waals surface area contributed by atoms with E-state index in [0.29, 0.717) is 5.56 Å². The van der Waals surface area contributed by atoms with E-state index >= 15 is 0 Å². The highest BCUT2D eigenvalue weighted by Gasteiger charge is 2.14. The lowest BCUT2D eigenvalue weighted by Gasteiger charge is -2.18. The van der Waals surface area contributed by atoms with Crippen molar-refractivity contribution in [2.45, 2.75) is 26.2 Å². The molecule has 0 aliphatic rings. The number of nitrogens with zero attached hydrogens (tertiary/aromatic N) is 2. The highest BCUT2D eigenvalue weighted by Crippen LogP contribution is 2.27.